The molecule has 1 aromatic carbocycles. The van der Waals surface area contributed by atoms with Crippen molar-refractivity contribution >= 4 is 23.7 Å². The summed E-state index contributed by atoms with van der Waals surface area (Å²) < 4.78 is 11.0. The van der Waals surface area contributed by atoms with Crippen LogP contribution in [0.15, 0.2) is 23.9 Å². The van der Waals surface area contributed by atoms with E-state index in [0.717, 1.165) is 18.4 Å². The highest BCUT2D eigenvalue weighted by atomic mass is 16.5. The number of methoxy groups -OCH3 is 2. The van der Waals surface area contributed by atoms with Gasteiger partial charge in [0, 0.05) is 6.42 Å². The van der Waals surface area contributed by atoms with Gasteiger partial charge < -0.3 is 14.6 Å². The van der Waals surface area contributed by atoms with Crippen molar-refractivity contribution in [3.05, 3.63) is 35.0 Å². The molecule has 0 aromatic heterocycles. The van der Waals surface area contributed by atoms with Gasteiger partial charge in [-0.2, -0.15) is 0 Å². The van der Waals surface area contributed by atoms with E-state index in [9.17, 15) is 14.4 Å². The average Bonchev–Trinajstić information content (AvgIpc) is 3.09. The Hall–Kier alpha value is -3.03. The Morgan fingerprint density at radius 3 is 2.16 bits per heavy atom. The molecule has 3 amide bonds. The first kappa shape index (κ1) is 26.0. The first-order chi connectivity index (χ1) is 14.9. The number of para-hydroxylation sites is 1. The maximum Gasteiger partial charge on any atom is 0.326 e. The number of aryl methyl sites for hydroxylation is 1. The molecule has 0 saturated carbocycles. The molecule has 0 atom stereocenters. The molecule has 8 nitrogen and oxygen atoms in total. The van der Waals surface area contributed by atoms with Crippen molar-refractivity contribution in [1.82, 2.24) is 10.6 Å². The number of carboxylic acid groups (broad SMARTS) is 1. The smallest absolute Gasteiger partial charge is 0.326 e. The minimum atomic E-state index is -0.745. The molecule has 0 spiro atoms. The maximum atomic E-state index is 12.0. The van der Waals surface area contributed by atoms with Crippen molar-refractivity contribution < 1.29 is 29.0 Å². The van der Waals surface area contributed by atoms with E-state index in [1.807, 2.05) is 18.2 Å². The van der Waals surface area contributed by atoms with Gasteiger partial charge >= 0.3 is 12.0 Å². The Morgan fingerprint density at radius 1 is 1.00 bits per heavy atom. The van der Waals surface area contributed by atoms with Crippen LogP contribution in [0.25, 0.3) is 5.76 Å². The van der Waals surface area contributed by atoms with Crippen LogP contribution in [0.3, 0.4) is 0 Å². The second-order valence-corrected chi connectivity index (χ2v) is 7.08. The molecule has 0 unspecified atom stereocenters. The normalized spacial score (nSPS) is 14.2. The van der Waals surface area contributed by atoms with Crippen LogP contribution in [0, 0.1) is 0 Å². The van der Waals surface area contributed by atoms with E-state index >= 15 is 0 Å². The monoisotopic (exact) mass is 434 g/mol. The number of carbonyl (C=O) groups excluding carboxylic acids is 2. The molecular formula is C23H34N2O6. The quantitative estimate of drug-likeness (QED) is 0.208. The molecule has 3 N–H and O–H groups in total. The lowest BCUT2D eigenvalue weighted by Gasteiger charge is -2.16. The molecule has 31 heavy (non-hydrogen) atoms. The predicted octanol–water partition coefficient (Wildman–Crippen LogP) is 4.23. The molecule has 8 heteroatoms. The minimum Gasteiger partial charge on any atom is -0.496 e. The molecule has 2 rings (SSSR count). The molecule has 172 valence electrons. The average molecular weight is 435 g/mol. The van der Waals surface area contributed by atoms with E-state index in [1.54, 1.807) is 14.0 Å². The van der Waals surface area contributed by atoms with Crippen molar-refractivity contribution in [2.24, 2.45) is 0 Å². The predicted molar refractivity (Wildman–Crippen MR) is 119 cm³/mol. The summed E-state index contributed by atoms with van der Waals surface area (Å²) in [6.07, 6.45) is 8.45. The lowest BCUT2D eigenvalue weighted by Crippen LogP contribution is -2.22. The Kier molecular flexibility index (Phi) is 11.8. The number of aliphatic carboxylic acids is 1. The fourth-order valence-electron chi connectivity index (χ4n) is 3.17. The Balaban J connectivity index is 0.000000861. The third kappa shape index (κ3) is 8.32. The van der Waals surface area contributed by atoms with E-state index in [4.69, 9.17) is 14.6 Å². The number of hydrogen-bond donors (Lipinski definition) is 3. The van der Waals surface area contributed by atoms with Crippen molar-refractivity contribution in [2.75, 3.05) is 14.2 Å². The van der Waals surface area contributed by atoms with Crippen LogP contribution in [0.2, 0.25) is 0 Å². The number of urea groups is 1. The summed E-state index contributed by atoms with van der Waals surface area (Å²) in [4.78, 5) is 32.8. The van der Waals surface area contributed by atoms with Crippen LogP contribution in [0.1, 0.15) is 69.9 Å². The van der Waals surface area contributed by atoms with Crippen molar-refractivity contribution in [3.63, 3.8) is 0 Å². The standard InChI is InChI=1S/C20H28N2O4.C3H6O2/c1-4-5-6-7-8-9-11-14-12-10-13-15(17(14)25-2)18(26-3)16-19(23)22-20(24)21-16;1-2-3(4)5/h10,12-13H,4-9,11H2,1-3H3,(H2,21,22,23,24);2H2,1H3,(H,4,5). The third-order valence-corrected chi connectivity index (χ3v) is 4.77. The van der Waals surface area contributed by atoms with Crippen molar-refractivity contribution in [2.45, 2.75) is 65.2 Å². The number of carbonyl (C=O) groups is 3. The summed E-state index contributed by atoms with van der Waals surface area (Å²) >= 11 is 0. The van der Waals surface area contributed by atoms with Crippen LogP contribution < -0.4 is 15.4 Å². The van der Waals surface area contributed by atoms with Crippen LogP contribution in [0.5, 0.6) is 5.75 Å². The molecule has 0 aliphatic carbocycles. The number of nitrogens with one attached hydrogen (secondary N) is 2. The summed E-state index contributed by atoms with van der Waals surface area (Å²) in [5.41, 5.74) is 1.83. The fourth-order valence-corrected chi connectivity index (χ4v) is 3.17. The second kappa shape index (κ2) is 14.1. The third-order valence-electron chi connectivity index (χ3n) is 4.77. The van der Waals surface area contributed by atoms with Gasteiger partial charge in [-0.05, 0) is 24.5 Å². The molecule has 1 aromatic rings. The van der Waals surface area contributed by atoms with Gasteiger partial charge in [0.2, 0.25) is 0 Å². The summed E-state index contributed by atoms with van der Waals surface area (Å²) in [6.45, 7) is 3.81. The minimum absolute atomic E-state index is 0.104. The highest BCUT2D eigenvalue weighted by Crippen LogP contribution is 2.33. The van der Waals surface area contributed by atoms with E-state index in [2.05, 4.69) is 17.6 Å². The van der Waals surface area contributed by atoms with Gasteiger partial charge in [0.15, 0.2) is 11.5 Å². The van der Waals surface area contributed by atoms with Gasteiger partial charge in [0.25, 0.3) is 5.91 Å². The van der Waals surface area contributed by atoms with Gasteiger partial charge in [0.05, 0.1) is 19.8 Å². The number of ether oxygens (including phenoxy) is 2. The van der Waals surface area contributed by atoms with Gasteiger partial charge in [-0.1, -0.05) is 58.1 Å². The van der Waals surface area contributed by atoms with E-state index in [1.165, 1.54) is 39.2 Å². The zero-order valence-electron chi connectivity index (χ0n) is 18.9. The maximum absolute atomic E-state index is 12.0. The SMILES string of the molecule is CCC(=O)O.CCCCCCCCc1cccc(C(OC)=C2NC(=O)NC2=O)c1OC. The number of unbranched alkanes of at least 4 members (excludes halogenated alkanes) is 5. The Morgan fingerprint density at radius 2 is 1.65 bits per heavy atom. The number of amides is 3. The van der Waals surface area contributed by atoms with Crippen LogP contribution in [-0.4, -0.2) is 37.2 Å². The first-order valence-corrected chi connectivity index (χ1v) is 10.7. The number of carboxylic acids is 1. The molecule has 1 aliphatic rings. The summed E-state index contributed by atoms with van der Waals surface area (Å²) in [7, 11) is 3.08. The van der Waals surface area contributed by atoms with Gasteiger partial charge in [-0.25, -0.2) is 4.79 Å². The van der Waals surface area contributed by atoms with Gasteiger partial charge in [0.1, 0.15) is 5.75 Å². The lowest BCUT2D eigenvalue weighted by atomic mass is 10.00. The van der Waals surface area contributed by atoms with Gasteiger partial charge in [-0.3, -0.25) is 20.2 Å². The summed E-state index contributed by atoms with van der Waals surface area (Å²) in [6, 6.07) is 5.22. The number of hydrogen-bond acceptors (Lipinski definition) is 5. The number of benzene rings is 1. The largest absolute Gasteiger partial charge is 0.496 e. The van der Waals surface area contributed by atoms with Crippen molar-refractivity contribution in [1.29, 1.82) is 0 Å². The number of rotatable bonds is 11. The zero-order valence-corrected chi connectivity index (χ0v) is 18.9. The number of imide groups is 1. The topological polar surface area (TPSA) is 114 Å². The van der Waals surface area contributed by atoms with E-state index in [0.29, 0.717) is 17.1 Å². The molecule has 1 fully saturated rings. The highest BCUT2D eigenvalue weighted by Gasteiger charge is 2.29. The lowest BCUT2D eigenvalue weighted by molar-refractivity contribution is -0.136. The Bertz CT molecular complexity index is 788. The van der Waals surface area contributed by atoms with E-state index in [-0.39, 0.29) is 12.1 Å². The summed E-state index contributed by atoms with van der Waals surface area (Å²) in [5.74, 6) is -0.269. The van der Waals surface area contributed by atoms with Crippen LogP contribution in [0.4, 0.5) is 4.79 Å². The molecule has 1 heterocycles. The van der Waals surface area contributed by atoms with Gasteiger partial charge in [-0.15, -0.1) is 0 Å². The molecule has 1 aliphatic heterocycles. The van der Waals surface area contributed by atoms with E-state index < -0.39 is 17.9 Å². The molecule has 0 bridgehead atoms. The van der Waals surface area contributed by atoms with Crippen molar-refractivity contribution in [3.8, 4) is 5.75 Å². The second-order valence-electron chi connectivity index (χ2n) is 7.08. The molecule has 0 radical (unpaired) electrons. The summed E-state index contributed by atoms with van der Waals surface area (Å²) in [5, 5.41) is 12.4. The zero-order chi connectivity index (χ0) is 23.2. The first-order valence-electron chi connectivity index (χ1n) is 10.7. The Labute approximate surface area is 184 Å². The van der Waals surface area contributed by atoms with Crippen LogP contribution in [-0.2, 0) is 20.7 Å². The fraction of sp³-hybridized carbons (Fsp3) is 0.522. The van der Waals surface area contributed by atoms with Crippen LogP contribution >= 0.6 is 0 Å². The molecule has 1 saturated heterocycles. The molecular weight excluding hydrogens is 400 g/mol. The highest BCUT2D eigenvalue weighted by molar-refractivity contribution is 6.15.